The van der Waals surface area contributed by atoms with Crippen LogP contribution in [-0.2, 0) is 16.1 Å². The Kier molecular flexibility index (Phi) is 8.48. The second-order valence-corrected chi connectivity index (χ2v) is 10.9. The average molecular weight is 540 g/mol. The van der Waals surface area contributed by atoms with Gasteiger partial charge in [0.2, 0.25) is 5.91 Å². The molecule has 1 atom stereocenters. The Morgan fingerprint density at radius 2 is 1.55 bits per heavy atom. The fourth-order valence-electron chi connectivity index (χ4n) is 5.95. The van der Waals surface area contributed by atoms with Gasteiger partial charge in [-0.2, -0.15) is 0 Å². The number of urea groups is 1. The Labute approximate surface area is 236 Å². The summed E-state index contributed by atoms with van der Waals surface area (Å²) in [5.41, 5.74) is 5.08. The largest absolute Gasteiger partial charge is 0.445 e. The molecule has 7 nitrogen and oxygen atoms in total. The molecule has 7 heteroatoms. The smallest absolute Gasteiger partial charge is 0.410 e. The first-order valence-corrected chi connectivity index (χ1v) is 14.1. The van der Waals surface area contributed by atoms with Gasteiger partial charge in [-0.1, -0.05) is 78.4 Å². The maximum atomic E-state index is 13.6. The first kappa shape index (κ1) is 27.4. The van der Waals surface area contributed by atoms with Gasteiger partial charge in [0.1, 0.15) is 6.61 Å². The summed E-state index contributed by atoms with van der Waals surface area (Å²) in [5.74, 6) is 0.0487. The monoisotopic (exact) mass is 539 g/mol. The number of nitrogens with zero attached hydrogens (tertiary/aromatic N) is 3. The van der Waals surface area contributed by atoms with E-state index in [2.05, 4.69) is 18.2 Å². The van der Waals surface area contributed by atoms with E-state index in [1.807, 2.05) is 74.5 Å². The molecule has 0 aromatic heterocycles. The van der Waals surface area contributed by atoms with E-state index < -0.39 is 0 Å². The highest BCUT2D eigenvalue weighted by Gasteiger charge is 2.38. The molecule has 0 radical (unpaired) electrons. The minimum absolute atomic E-state index is 0.0286. The fourth-order valence-corrected chi connectivity index (χ4v) is 5.95. The molecule has 0 bridgehead atoms. The van der Waals surface area contributed by atoms with Crippen molar-refractivity contribution in [1.29, 1.82) is 0 Å². The molecule has 0 aliphatic carbocycles. The number of imide groups is 1. The first-order chi connectivity index (χ1) is 19.4. The van der Waals surface area contributed by atoms with E-state index in [4.69, 9.17) is 4.74 Å². The second-order valence-electron chi connectivity index (χ2n) is 10.9. The summed E-state index contributed by atoms with van der Waals surface area (Å²) in [6.07, 6.45) is 1.51. The molecule has 4 amide bonds. The number of anilines is 1. The van der Waals surface area contributed by atoms with E-state index >= 15 is 0 Å². The highest BCUT2D eigenvalue weighted by Crippen LogP contribution is 2.36. The lowest BCUT2D eigenvalue weighted by atomic mass is 9.78. The molecule has 0 spiro atoms. The summed E-state index contributed by atoms with van der Waals surface area (Å²) in [5, 5.41) is 0. The van der Waals surface area contributed by atoms with Crippen LogP contribution in [0.2, 0.25) is 0 Å². The number of rotatable bonds is 7. The number of hydrogen-bond acceptors (Lipinski definition) is 4. The van der Waals surface area contributed by atoms with Crippen LogP contribution in [0.1, 0.15) is 47.4 Å². The van der Waals surface area contributed by atoms with Gasteiger partial charge in [-0.05, 0) is 61.3 Å². The van der Waals surface area contributed by atoms with Crippen molar-refractivity contribution in [3.63, 3.8) is 0 Å². The van der Waals surface area contributed by atoms with E-state index in [-0.39, 0.29) is 42.9 Å². The van der Waals surface area contributed by atoms with Crippen LogP contribution < -0.4 is 4.90 Å². The molecule has 1 unspecified atom stereocenters. The molecule has 3 aromatic carbocycles. The van der Waals surface area contributed by atoms with Crippen LogP contribution in [0.3, 0.4) is 0 Å². The molecule has 2 aliphatic heterocycles. The maximum absolute atomic E-state index is 13.6. The molecule has 5 rings (SSSR count). The SMILES string of the molecule is Cc1ccc(N2CCN(C(=O)CC(c3ccccc3)C3CCN(C(=O)OCc4ccccc4)CC3)C2=O)c(C)c1. The number of hydrogen-bond donors (Lipinski definition) is 0. The number of piperidine rings is 1. The van der Waals surface area contributed by atoms with Crippen molar-refractivity contribution in [1.82, 2.24) is 9.80 Å². The van der Waals surface area contributed by atoms with Gasteiger partial charge in [0.15, 0.2) is 0 Å². The van der Waals surface area contributed by atoms with Crippen LogP contribution in [0.25, 0.3) is 0 Å². The molecular formula is C33H37N3O4. The van der Waals surface area contributed by atoms with Crippen LogP contribution in [0, 0.1) is 19.8 Å². The number of amides is 4. The topological polar surface area (TPSA) is 70.2 Å². The van der Waals surface area contributed by atoms with Gasteiger partial charge < -0.3 is 9.64 Å². The van der Waals surface area contributed by atoms with Crippen LogP contribution in [-0.4, -0.2) is 54.0 Å². The van der Waals surface area contributed by atoms with E-state index in [1.54, 1.807) is 9.80 Å². The van der Waals surface area contributed by atoms with Crippen LogP contribution in [0.15, 0.2) is 78.9 Å². The summed E-state index contributed by atoms with van der Waals surface area (Å²) >= 11 is 0. The fraction of sp³-hybridized carbons (Fsp3) is 0.364. The minimum Gasteiger partial charge on any atom is -0.445 e. The van der Waals surface area contributed by atoms with Gasteiger partial charge in [-0.3, -0.25) is 14.6 Å². The Balaban J connectivity index is 1.22. The van der Waals surface area contributed by atoms with Gasteiger partial charge in [0.25, 0.3) is 0 Å². The zero-order valence-corrected chi connectivity index (χ0v) is 23.3. The number of carbonyl (C=O) groups excluding carboxylic acids is 3. The van der Waals surface area contributed by atoms with Crippen molar-refractivity contribution < 1.29 is 19.1 Å². The highest BCUT2D eigenvalue weighted by atomic mass is 16.6. The lowest BCUT2D eigenvalue weighted by molar-refractivity contribution is -0.128. The molecule has 0 saturated carbocycles. The normalized spacial score (nSPS) is 16.8. The van der Waals surface area contributed by atoms with Gasteiger partial charge in [-0.25, -0.2) is 9.59 Å². The number of benzene rings is 3. The summed E-state index contributed by atoms with van der Waals surface area (Å²) in [4.78, 5) is 44.5. The number of carbonyl (C=O) groups is 3. The first-order valence-electron chi connectivity index (χ1n) is 14.1. The van der Waals surface area contributed by atoms with Gasteiger partial charge >= 0.3 is 12.1 Å². The molecule has 0 N–H and O–H groups in total. The second kappa shape index (κ2) is 12.4. The molecule has 208 valence electrons. The Morgan fingerprint density at radius 1 is 0.875 bits per heavy atom. The third-order valence-corrected chi connectivity index (χ3v) is 8.15. The molecule has 2 heterocycles. The third-order valence-electron chi connectivity index (χ3n) is 8.15. The van der Waals surface area contributed by atoms with Crippen molar-refractivity contribution in [2.24, 2.45) is 5.92 Å². The average Bonchev–Trinajstić information content (AvgIpc) is 3.36. The van der Waals surface area contributed by atoms with Crippen molar-refractivity contribution in [2.75, 3.05) is 31.1 Å². The molecule has 40 heavy (non-hydrogen) atoms. The van der Waals surface area contributed by atoms with Gasteiger partial charge in [-0.15, -0.1) is 0 Å². The number of aryl methyl sites for hydroxylation is 2. The summed E-state index contributed by atoms with van der Waals surface area (Å²) in [6, 6.07) is 25.5. The van der Waals surface area contributed by atoms with E-state index in [9.17, 15) is 14.4 Å². The lowest BCUT2D eigenvalue weighted by Crippen LogP contribution is -2.41. The van der Waals surface area contributed by atoms with Crippen molar-refractivity contribution >= 4 is 23.7 Å². The Morgan fingerprint density at radius 3 is 2.23 bits per heavy atom. The van der Waals surface area contributed by atoms with E-state index in [0.717, 1.165) is 40.8 Å². The summed E-state index contributed by atoms with van der Waals surface area (Å²) in [6.45, 7) is 6.32. The number of likely N-dealkylation sites (tertiary alicyclic amines) is 1. The lowest BCUT2D eigenvalue weighted by Gasteiger charge is -2.36. The van der Waals surface area contributed by atoms with Gasteiger partial charge in [0, 0.05) is 38.3 Å². The Hall–Kier alpha value is -4.13. The third kappa shape index (κ3) is 6.19. The van der Waals surface area contributed by atoms with Crippen LogP contribution in [0.4, 0.5) is 15.3 Å². The molecule has 2 saturated heterocycles. The zero-order valence-electron chi connectivity index (χ0n) is 23.3. The summed E-state index contributed by atoms with van der Waals surface area (Å²) < 4.78 is 5.54. The van der Waals surface area contributed by atoms with E-state index in [1.165, 1.54) is 4.90 Å². The Bertz CT molecular complexity index is 1340. The van der Waals surface area contributed by atoms with Crippen LogP contribution in [0.5, 0.6) is 0 Å². The predicted octanol–water partition coefficient (Wildman–Crippen LogP) is 6.29. The van der Waals surface area contributed by atoms with Crippen molar-refractivity contribution in [2.45, 2.75) is 45.6 Å². The van der Waals surface area contributed by atoms with Crippen molar-refractivity contribution in [3.05, 3.63) is 101 Å². The molecule has 2 fully saturated rings. The standard InChI is InChI=1S/C33H37N3O4/c1-24-13-14-30(25(2)21-24)35-19-20-36(32(35)38)31(37)22-29(27-11-7-4-8-12-27)28-15-17-34(18-16-28)33(39)40-23-26-9-5-3-6-10-26/h3-14,21,28-29H,15-20,22-23H2,1-2H3. The molecule has 2 aliphatic rings. The zero-order chi connectivity index (χ0) is 28.1. The summed E-state index contributed by atoms with van der Waals surface area (Å²) in [7, 11) is 0. The van der Waals surface area contributed by atoms with Gasteiger partial charge in [0.05, 0.1) is 0 Å². The minimum atomic E-state index is -0.302. The quantitative estimate of drug-likeness (QED) is 0.354. The van der Waals surface area contributed by atoms with Crippen molar-refractivity contribution in [3.8, 4) is 0 Å². The highest BCUT2D eigenvalue weighted by molar-refractivity contribution is 6.05. The number of ether oxygens (including phenoxy) is 1. The molecular weight excluding hydrogens is 502 g/mol. The maximum Gasteiger partial charge on any atom is 0.410 e. The molecule has 3 aromatic rings. The van der Waals surface area contributed by atoms with E-state index in [0.29, 0.717) is 26.2 Å². The van der Waals surface area contributed by atoms with Crippen LogP contribution >= 0.6 is 0 Å². The predicted molar refractivity (Wildman–Crippen MR) is 155 cm³/mol.